The van der Waals surface area contributed by atoms with Gasteiger partial charge >= 0.3 is 0 Å². The van der Waals surface area contributed by atoms with Gasteiger partial charge in [-0.25, -0.2) is 4.98 Å². The molecule has 0 radical (unpaired) electrons. The Morgan fingerprint density at radius 1 is 1.47 bits per heavy atom. The van der Waals surface area contributed by atoms with E-state index in [0.717, 1.165) is 12.8 Å². The molecule has 0 spiro atoms. The number of aliphatic hydroxyl groups is 1. The molecule has 4 nitrogen and oxygen atoms in total. The van der Waals surface area contributed by atoms with Crippen molar-refractivity contribution in [1.29, 1.82) is 5.26 Å². The summed E-state index contributed by atoms with van der Waals surface area (Å²) in [6.45, 7) is 4.89. The number of anilines is 1. The molecule has 1 aromatic rings. The van der Waals surface area contributed by atoms with E-state index in [-0.39, 0.29) is 12.0 Å². The molecule has 0 aromatic carbocycles. The van der Waals surface area contributed by atoms with Gasteiger partial charge in [0.2, 0.25) is 0 Å². The summed E-state index contributed by atoms with van der Waals surface area (Å²) in [5, 5.41) is 21.6. The molecule has 2 N–H and O–H groups in total. The second-order valence-electron chi connectivity index (χ2n) is 4.23. The molecule has 4 heteroatoms. The largest absolute Gasteiger partial charge is 0.396 e. The van der Waals surface area contributed by atoms with Crippen LogP contribution in [0.5, 0.6) is 0 Å². The van der Waals surface area contributed by atoms with Crippen LogP contribution in [-0.4, -0.2) is 23.2 Å². The Bertz CT molecular complexity index is 386. The Hall–Kier alpha value is -1.60. The monoisotopic (exact) mass is 233 g/mol. The third kappa shape index (κ3) is 3.18. The summed E-state index contributed by atoms with van der Waals surface area (Å²) in [6.07, 6.45) is 3.44. The average molecular weight is 233 g/mol. The molecule has 1 aromatic heterocycles. The lowest BCUT2D eigenvalue weighted by Gasteiger charge is -2.29. The van der Waals surface area contributed by atoms with Gasteiger partial charge in [0.1, 0.15) is 11.9 Å². The van der Waals surface area contributed by atoms with Crippen LogP contribution in [0, 0.1) is 16.7 Å². The zero-order valence-electron chi connectivity index (χ0n) is 10.4. The predicted octanol–water partition coefficient (Wildman–Crippen LogP) is 2.16. The van der Waals surface area contributed by atoms with Crippen molar-refractivity contribution in [2.75, 3.05) is 18.5 Å². The fraction of sp³-hybridized carbons (Fsp3) is 0.538. The zero-order valence-corrected chi connectivity index (χ0v) is 10.4. The van der Waals surface area contributed by atoms with Crippen molar-refractivity contribution in [3.8, 4) is 6.07 Å². The first-order valence-electron chi connectivity index (χ1n) is 5.91. The van der Waals surface area contributed by atoms with Crippen molar-refractivity contribution in [2.24, 2.45) is 5.41 Å². The van der Waals surface area contributed by atoms with Crippen molar-refractivity contribution in [3.63, 3.8) is 0 Å². The quantitative estimate of drug-likeness (QED) is 0.790. The van der Waals surface area contributed by atoms with Gasteiger partial charge in [-0.3, -0.25) is 0 Å². The van der Waals surface area contributed by atoms with E-state index in [2.05, 4.69) is 30.2 Å². The van der Waals surface area contributed by atoms with Crippen LogP contribution in [0.1, 0.15) is 32.3 Å². The van der Waals surface area contributed by atoms with Gasteiger partial charge in [0.15, 0.2) is 0 Å². The summed E-state index contributed by atoms with van der Waals surface area (Å²) in [4.78, 5) is 4.14. The van der Waals surface area contributed by atoms with Gasteiger partial charge in [-0.2, -0.15) is 5.26 Å². The Balaban J connectivity index is 2.76. The van der Waals surface area contributed by atoms with Crippen LogP contribution < -0.4 is 5.32 Å². The number of hydrogen-bond acceptors (Lipinski definition) is 4. The molecular weight excluding hydrogens is 214 g/mol. The summed E-state index contributed by atoms with van der Waals surface area (Å²) in [5.74, 6) is 0.592. The highest BCUT2D eigenvalue weighted by Crippen LogP contribution is 2.26. The molecule has 0 unspecified atom stereocenters. The molecular formula is C13H19N3O. The molecule has 0 saturated heterocycles. The molecule has 0 saturated carbocycles. The lowest BCUT2D eigenvalue weighted by Crippen LogP contribution is -2.32. The van der Waals surface area contributed by atoms with Crippen molar-refractivity contribution in [3.05, 3.63) is 23.9 Å². The van der Waals surface area contributed by atoms with E-state index < -0.39 is 0 Å². The van der Waals surface area contributed by atoms with E-state index in [1.54, 1.807) is 18.3 Å². The highest BCUT2D eigenvalue weighted by molar-refractivity contribution is 5.51. The smallest absolute Gasteiger partial charge is 0.143 e. The number of aliphatic hydroxyl groups excluding tert-OH is 1. The van der Waals surface area contributed by atoms with Crippen molar-refractivity contribution < 1.29 is 5.11 Å². The summed E-state index contributed by atoms with van der Waals surface area (Å²) >= 11 is 0. The highest BCUT2D eigenvalue weighted by Gasteiger charge is 2.25. The lowest BCUT2D eigenvalue weighted by molar-refractivity contribution is 0.127. The molecule has 1 heterocycles. The Labute approximate surface area is 102 Å². The van der Waals surface area contributed by atoms with Crippen LogP contribution >= 0.6 is 0 Å². The van der Waals surface area contributed by atoms with Crippen molar-refractivity contribution >= 4 is 5.82 Å². The molecule has 0 fully saturated rings. The van der Waals surface area contributed by atoms with Crippen molar-refractivity contribution in [1.82, 2.24) is 4.98 Å². The van der Waals surface area contributed by atoms with Gasteiger partial charge in [0, 0.05) is 18.2 Å². The van der Waals surface area contributed by atoms with Gasteiger partial charge in [0.25, 0.3) is 0 Å². The molecule has 0 aliphatic rings. The normalized spacial score (nSPS) is 10.9. The number of aromatic nitrogens is 1. The van der Waals surface area contributed by atoms with E-state index in [0.29, 0.717) is 17.9 Å². The van der Waals surface area contributed by atoms with E-state index in [1.165, 1.54) is 0 Å². The van der Waals surface area contributed by atoms with Crippen LogP contribution in [0.15, 0.2) is 18.3 Å². The number of nitrogens with zero attached hydrogens (tertiary/aromatic N) is 2. The Morgan fingerprint density at radius 3 is 2.71 bits per heavy atom. The predicted molar refractivity (Wildman–Crippen MR) is 67.5 cm³/mol. The van der Waals surface area contributed by atoms with Crippen molar-refractivity contribution in [2.45, 2.75) is 26.7 Å². The zero-order chi connectivity index (χ0) is 12.7. The summed E-state index contributed by atoms with van der Waals surface area (Å²) < 4.78 is 0. The molecule has 0 aliphatic heterocycles. The first kappa shape index (κ1) is 13.5. The number of pyridine rings is 1. The minimum absolute atomic E-state index is 0.135. The topological polar surface area (TPSA) is 68.9 Å². The maximum absolute atomic E-state index is 9.46. The van der Waals surface area contributed by atoms with E-state index in [9.17, 15) is 5.11 Å². The number of hydrogen-bond donors (Lipinski definition) is 2. The second-order valence-corrected chi connectivity index (χ2v) is 4.23. The average Bonchev–Trinajstić information content (AvgIpc) is 2.41. The summed E-state index contributed by atoms with van der Waals surface area (Å²) in [7, 11) is 0. The minimum Gasteiger partial charge on any atom is -0.396 e. The maximum Gasteiger partial charge on any atom is 0.143 e. The fourth-order valence-corrected chi connectivity index (χ4v) is 1.69. The molecule has 0 atom stereocenters. The van der Waals surface area contributed by atoms with Gasteiger partial charge < -0.3 is 10.4 Å². The van der Waals surface area contributed by atoms with Crippen LogP contribution in [0.2, 0.25) is 0 Å². The molecule has 1 rings (SSSR count). The SMILES string of the molecule is CCC(CC)(CO)CNc1ncccc1C#N. The van der Waals surface area contributed by atoms with Gasteiger partial charge in [-0.15, -0.1) is 0 Å². The number of rotatable bonds is 6. The van der Waals surface area contributed by atoms with E-state index in [1.807, 2.05) is 0 Å². The van der Waals surface area contributed by atoms with Crippen LogP contribution in [0.25, 0.3) is 0 Å². The minimum atomic E-state index is -0.135. The summed E-state index contributed by atoms with van der Waals surface area (Å²) in [5.41, 5.74) is 0.399. The Kier molecular flexibility index (Phi) is 4.92. The van der Waals surface area contributed by atoms with Crippen LogP contribution in [-0.2, 0) is 0 Å². The lowest BCUT2D eigenvalue weighted by atomic mass is 9.83. The number of nitrogens with one attached hydrogen (secondary N) is 1. The molecule has 17 heavy (non-hydrogen) atoms. The molecule has 0 aliphatic carbocycles. The van der Waals surface area contributed by atoms with Gasteiger partial charge in [-0.1, -0.05) is 13.8 Å². The van der Waals surface area contributed by atoms with E-state index >= 15 is 0 Å². The first-order chi connectivity index (χ1) is 8.21. The highest BCUT2D eigenvalue weighted by atomic mass is 16.3. The van der Waals surface area contributed by atoms with Crippen LogP contribution in [0.3, 0.4) is 0 Å². The standard InChI is InChI=1S/C13H19N3O/c1-3-13(4-2,10-17)9-16-12-11(8-14)6-5-7-15-12/h5-7,17H,3-4,9-10H2,1-2H3,(H,15,16). The van der Waals surface area contributed by atoms with Gasteiger partial charge in [-0.05, 0) is 25.0 Å². The molecule has 0 bridgehead atoms. The second kappa shape index (κ2) is 6.21. The van der Waals surface area contributed by atoms with E-state index in [4.69, 9.17) is 5.26 Å². The van der Waals surface area contributed by atoms with Gasteiger partial charge in [0.05, 0.1) is 12.2 Å². The maximum atomic E-state index is 9.46. The third-order valence-electron chi connectivity index (χ3n) is 3.39. The number of nitriles is 1. The summed E-state index contributed by atoms with van der Waals surface area (Å²) in [6, 6.07) is 5.57. The molecule has 92 valence electrons. The Morgan fingerprint density at radius 2 is 2.18 bits per heavy atom. The third-order valence-corrected chi connectivity index (χ3v) is 3.39. The van der Waals surface area contributed by atoms with Crippen LogP contribution in [0.4, 0.5) is 5.82 Å². The molecule has 0 amide bonds. The first-order valence-corrected chi connectivity index (χ1v) is 5.91. The fourth-order valence-electron chi connectivity index (χ4n) is 1.69.